The molecule has 0 radical (unpaired) electrons. The minimum atomic E-state index is -3.43. The average Bonchev–Trinajstić information content (AvgIpc) is 2.37. The zero-order valence-corrected chi connectivity index (χ0v) is 13.8. The lowest BCUT2D eigenvalue weighted by Gasteiger charge is -2.34. The van der Waals surface area contributed by atoms with Crippen LogP contribution in [0, 0.1) is 6.92 Å². The number of thioether (sulfide) groups is 1. The van der Waals surface area contributed by atoms with E-state index < -0.39 is 10.0 Å². The standard InChI is InChI=1S/C14H22N2O2S2/c1-10-8-16(9-11(2)19-10)20(17,18)14-6-4-5-13(7-15)12(14)3/h4-6,10-11H,7-9,15H2,1-3H3. The summed E-state index contributed by atoms with van der Waals surface area (Å²) < 4.78 is 27.3. The summed E-state index contributed by atoms with van der Waals surface area (Å²) >= 11 is 1.84. The van der Waals surface area contributed by atoms with Gasteiger partial charge in [-0.1, -0.05) is 26.0 Å². The van der Waals surface area contributed by atoms with Gasteiger partial charge in [-0.15, -0.1) is 0 Å². The van der Waals surface area contributed by atoms with Crippen LogP contribution in [0.15, 0.2) is 23.1 Å². The van der Waals surface area contributed by atoms with Crippen LogP contribution in [0.1, 0.15) is 25.0 Å². The summed E-state index contributed by atoms with van der Waals surface area (Å²) in [5.74, 6) is 0. The minimum absolute atomic E-state index is 0.325. The highest BCUT2D eigenvalue weighted by atomic mass is 32.2. The van der Waals surface area contributed by atoms with Crippen molar-refractivity contribution in [2.45, 2.75) is 42.7 Å². The van der Waals surface area contributed by atoms with Gasteiger partial charge >= 0.3 is 0 Å². The summed E-state index contributed by atoms with van der Waals surface area (Å²) in [5.41, 5.74) is 7.33. The number of hydrogen-bond acceptors (Lipinski definition) is 4. The summed E-state index contributed by atoms with van der Waals surface area (Å²) in [6, 6.07) is 5.33. The molecule has 0 bridgehead atoms. The SMILES string of the molecule is Cc1c(CN)cccc1S(=O)(=O)N1CC(C)SC(C)C1. The lowest BCUT2D eigenvalue weighted by atomic mass is 10.1. The summed E-state index contributed by atoms with van der Waals surface area (Å²) in [7, 11) is -3.43. The van der Waals surface area contributed by atoms with E-state index in [-0.39, 0.29) is 0 Å². The van der Waals surface area contributed by atoms with E-state index in [0.29, 0.717) is 35.0 Å². The number of rotatable bonds is 3. The minimum Gasteiger partial charge on any atom is -0.326 e. The highest BCUT2D eigenvalue weighted by Gasteiger charge is 2.33. The quantitative estimate of drug-likeness (QED) is 0.926. The number of sulfonamides is 1. The smallest absolute Gasteiger partial charge is 0.243 e. The average molecular weight is 314 g/mol. The van der Waals surface area contributed by atoms with Gasteiger partial charge in [0.1, 0.15) is 0 Å². The largest absolute Gasteiger partial charge is 0.326 e. The van der Waals surface area contributed by atoms with Gasteiger partial charge in [0, 0.05) is 30.1 Å². The third-order valence-electron chi connectivity index (χ3n) is 3.62. The van der Waals surface area contributed by atoms with Crippen molar-refractivity contribution < 1.29 is 8.42 Å². The first-order valence-corrected chi connectivity index (χ1v) is 9.18. The van der Waals surface area contributed by atoms with Gasteiger partial charge in [-0.05, 0) is 24.1 Å². The van der Waals surface area contributed by atoms with E-state index in [4.69, 9.17) is 5.73 Å². The fourth-order valence-corrected chi connectivity index (χ4v) is 6.03. The Morgan fingerprint density at radius 3 is 2.45 bits per heavy atom. The van der Waals surface area contributed by atoms with E-state index >= 15 is 0 Å². The van der Waals surface area contributed by atoms with Crippen LogP contribution in [0.3, 0.4) is 0 Å². The first-order chi connectivity index (χ1) is 9.36. The molecule has 0 spiro atoms. The molecule has 1 aromatic rings. The van der Waals surface area contributed by atoms with Crippen LogP contribution in [0.25, 0.3) is 0 Å². The van der Waals surface area contributed by atoms with Crippen LogP contribution >= 0.6 is 11.8 Å². The Kier molecular flexibility index (Phi) is 4.79. The van der Waals surface area contributed by atoms with Gasteiger partial charge in [-0.3, -0.25) is 0 Å². The first-order valence-electron chi connectivity index (χ1n) is 6.80. The maximum atomic E-state index is 12.8. The molecule has 1 fully saturated rings. The van der Waals surface area contributed by atoms with Gasteiger partial charge in [-0.25, -0.2) is 8.42 Å². The second-order valence-electron chi connectivity index (χ2n) is 5.32. The van der Waals surface area contributed by atoms with E-state index in [2.05, 4.69) is 13.8 Å². The predicted octanol–water partition coefficient (Wildman–Crippen LogP) is 1.97. The molecule has 1 saturated heterocycles. The first kappa shape index (κ1) is 15.8. The predicted molar refractivity (Wildman–Crippen MR) is 84.3 cm³/mol. The van der Waals surface area contributed by atoms with Crippen molar-refractivity contribution in [3.05, 3.63) is 29.3 Å². The number of hydrogen-bond donors (Lipinski definition) is 1. The van der Waals surface area contributed by atoms with Gasteiger partial charge < -0.3 is 5.73 Å². The van der Waals surface area contributed by atoms with E-state index in [1.54, 1.807) is 16.4 Å². The monoisotopic (exact) mass is 314 g/mol. The second-order valence-corrected chi connectivity index (χ2v) is 9.11. The Bertz CT molecular complexity index is 577. The fourth-order valence-electron chi connectivity index (χ4n) is 2.63. The molecule has 1 aliphatic heterocycles. The van der Waals surface area contributed by atoms with Gasteiger partial charge in [0.25, 0.3) is 0 Å². The Hall–Kier alpha value is -0.560. The Labute approximate surface area is 125 Å². The van der Waals surface area contributed by atoms with Crippen LogP contribution in [-0.2, 0) is 16.6 Å². The van der Waals surface area contributed by atoms with Crippen LogP contribution in [0.5, 0.6) is 0 Å². The summed E-state index contributed by atoms with van der Waals surface area (Å²) in [6.07, 6.45) is 0. The molecule has 112 valence electrons. The van der Waals surface area contributed by atoms with E-state index in [1.807, 2.05) is 24.8 Å². The Balaban J connectivity index is 2.40. The Morgan fingerprint density at radius 2 is 1.90 bits per heavy atom. The van der Waals surface area contributed by atoms with E-state index in [1.165, 1.54) is 0 Å². The second kappa shape index (κ2) is 6.05. The summed E-state index contributed by atoms with van der Waals surface area (Å²) in [6.45, 7) is 7.49. The van der Waals surface area contributed by atoms with Crippen LogP contribution in [0.2, 0.25) is 0 Å². The van der Waals surface area contributed by atoms with Gasteiger partial charge in [-0.2, -0.15) is 16.1 Å². The maximum Gasteiger partial charge on any atom is 0.243 e. The molecule has 20 heavy (non-hydrogen) atoms. The topological polar surface area (TPSA) is 63.4 Å². The van der Waals surface area contributed by atoms with Crippen LogP contribution in [-0.4, -0.2) is 36.3 Å². The number of nitrogens with two attached hydrogens (primary N) is 1. The van der Waals surface area contributed by atoms with Crippen molar-refractivity contribution in [1.82, 2.24) is 4.31 Å². The van der Waals surface area contributed by atoms with Crippen LogP contribution < -0.4 is 5.73 Å². The summed E-state index contributed by atoms with van der Waals surface area (Å²) in [5, 5.41) is 0.651. The lowest BCUT2D eigenvalue weighted by Crippen LogP contribution is -2.44. The number of nitrogens with zero attached hydrogens (tertiary/aromatic N) is 1. The molecule has 0 aromatic heterocycles. The molecule has 2 atom stereocenters. The maximum absolute atomic E-state index is 12.8. The van der Waals surface area contributed by atoms with Crippen molar-refractivity contribution >= 4 is 21.8 Å². The normalized spacial score (nSPS) is 24.8. The molecule has 0 aliphatic carbocycles. The molecule has 0 saturated carbocycles. The van der Waals surface area contributed by atoms with Crippen molar-refractivity contribution in [3.63, 3.8) is 0 Å². The van der Waals surface area contributed by atoms with Gasteiger partial charge in [0.05, 0.1) is 4.90 Å². The molecule has 4 nitrogen and oxygen atoms in total. The zero-order valence-electron chi connectivity index (χ0n) is 12.2. The van der Waals surface area contributed by atoms with Crippen molar-refractivity contribution in [2.75, 3.05) is 13.1 Å². The van der Waals surface area contributed by atoms with Gasteiger partial charge in [0.15, 0.2) is 0 Å². The number of benzene rings is 1. The molecule has 2 N–H and O–H groups in total. The third kappa shape index (κ3) is 3.03. The molecular formula is C14H22N2O2S2. The molecule has 0 amide bonds. The molecule has 1 heterocycles. The van der Waals surface area contributed by atoms with Crippen molar-refractivity contribution in [2.24, 2.45) is 5.73 Å². The third-order valence-corrected chi connectivity index (χ3v) is 6.82. The van der Waals surface area contributed by atoms with Gasteiger partial charge in [0.2, 0.25) is 10.0 Å². The lowest BCUT2D eigenvalue weighted by molar-refractivity contribution is 0.404. The molecule has 2 unspecified atom stereocenters. The summed E-state index contributed by atoms with van der Waals surface area (Å²) in [4.78, 5) is 0.395. The molecule has 6 heteroatoms. The highest BCUT2D eigenvalue weighted by Crippen LogP contribution is 2.30. The molecule has 1 aromatic carbocycles. The highest BCUT2D eigenvalue weighted by molar-refractivity contribution is 8.00. The van der Waals surface area contributed by atoms with E-state index in [0.717, 1.165) is 11.1 Å². The molecule has 2 rings (SSSR count). The van der Waals surface area contributed by atoms with Crippen LogP contribution in [0.4, 0.5) is 0 Å². The molecular weight excluding hydrogens is 292 g/mol. The fraction of sp³-hybridized carbons (Fsp3) is 0.571. The van der Waals surface area contributed by atoms with E-state index in [9.17, 15) is 8.42 Å². The Morgan fingerprint density at radius 1 is 1.30 bits per heavy atom. The van der Waals surface area contributed by atoms with Crippen molar-refractivity contribution in [1.29, 1.82) is 0 Å². The van der Waals surface area contributed by atoms with Crippen molar-refractivity contribution in [3.8, 4) is 0 Å². The zero-order chi connectivity index (χ0) is 14.9. The molecule has 1 aliphatic rings.